The van der Waals surface area contributed by atoms with Gasteiger partial charge in [0.25, 0.3) is 0 Å². The van der Waals surface area contributed by atoms with Crippen LogP contribution in [0.1, 0.15) is 39.0 Å². The first kappa shape index (κ1) is 15.2. The Labute approximate surface area is 136 Å². The number of benzene rings is 1. The second kappa shape index (κ2) is 6.62. The molecule has 2 fully saturated rings. The third-order valence-electron chi connectivity index (χ3n) is 4.82. The van der Waals surface area contributed by atoms with Crippen LogP contribution >= 0.6 is 23.4 Å². The third kappa shape index (κ3) is 3.57. The molecule has 0 spiro atoms. The highest BCUT2D eigenvalue weighted by Crippen LogP contribution is 2.44. The largest absolute Gasteiger partial charge is 0.352 e. The zero-order valence-corrected chi connectivity index (χ0v) is 13.9. The number of nitrogens with one attached hydrogen (secondary N) is 1. The van der Waals surface area contributed by atoms with Crippen LogP contribution in [0.5, 0.6) is 0 Å². The molecule has 114 valence electrons. The molecule has 2 bridgehead atoms. The van der Waals surface area contributed by atoms with Gasteiger partial charge in [-0.25, -0.2) is 0 Å². The zero-order valence-electron chi connectivity index (χ0n) is 12.3. The van der Waals surface area contributed by atoms with Gasteiger partial charge in [0.15, 0.2) is 0 Å². The summed E-state index contributed by atoms with van der Waals surface area (Å²) in [5.41, 5.74) is 0. The fourth-order valence-electron chi connectivity index (χ4n) is 3.70. The average Bonchev–Trinajstić information content (AvgIpc) is 3.09. The zero-order chi connectivity index (χ0) is 14.8. The minimum absolute atomic E-state index is 0.00898. The Hall–Kier alpha value is -0.670. The van der Waals surface area contributed by atoms with Gasteiger partial charge in [-0.05, 0) is 61.8 Å². The van der Waals surface area contributed by atoms with Crippen LogP contribution in [0.15, 0.2) is 29.2 Å². The maximum Gasteiger partial charge on any atom is 0.233 e. The number of amides is 1. The van der Waals surface area contributed by atoms with Gasteiger partial charge in [-0.15, -0.1) is 11.8 Å². The molecule has 0 radical (unpaired) electrons. The van der Waals surface area contributed by atoms with Crippen LogP contribution in [0.3, 0.4) is 0 Å². The first-order valence-corrected chi connectivity index (χ1v) is 9.14. The number of rotatable bonds is 5. The van der Waals surface area contributed by atoms with E-state index in [0.29, 0.717) is 6.04 Å². The summed E-state index contributed by atoms with van der Waals surface area (Å²) in [5, 5.41) is 4.03. The van der Waals surface area contributed by atoms with E-state index >= 15 is 0 Å². The Morgan fingerprint density at radius 3 is 2.67 bits per heavy atom. The van der Waals surface area contributed by atoms with Crippen LogP contribution in [0.25, 0.3) is 0 Å². The molecule has 4 atom stereocenters. The van der Waals surface area contributed by atoms with Gasteiger partial charge in [-0.3, -0.25) is 4.79 Å². The number of fused-ring (bicyclic) bond motifs is 2. The molecule has 1 aromatic rings. The van der Waals surface area contributed by atoms with Crippen molar-refractivity contribution in [1.29, 1.82) is 0 Å². The summed E-state index contributed by atoms with van der Waals surface area (Å²) < 4.78 is 0. The summed E-state index contributed by atoms with van der Waals surface area (Å²) in [7, 11) is 0. The van der Waals surface area contributed by atoms with Gasteiger partial charge in [-0.2, -0.15) is 0 Å². The van der Waals surface area contributed by atoms with Crippen LogP contribution in [0.2, 0.25) is 5.02 Å². The van der Waals surface area contributed by atoms with Gasteiger partial charge in [0.1, 0.15) is 0 Å². The number of hydrogen-bond acceptors (Lipinski definition) is 2. The van der Waals surface area contributed by atoms with Crippen molar-refractivity contribution >= 4 is 29.3 Å². The molecule has 0 saturated heterocycles. The van der Waals surface area contributed by atoms with E-state index < -0.39 is 0 Å². The molecule has 3 rings (SSSR count). The lowest BCUT2D eigenvalue weighted by Gasteiger charge is -2.25. The molecule has 0 aliphatic heterocycles. The molecule has 1 N–H and O–H groups in total. The summed E-state index contributed by atoms with van der Waals surface area (Å²) >= 11 is 7.54. The molecule has 2 aliphatic rings. The molecule has 1 amide bonds. The minimum atomic E-state index is -0.00898. The van der Waals surface area contributed by atoms with Gasteiger partial charge in [0, 0.05) is 16.0 Å². The molecule has 0 unspecified atom stereocenters. The summed E-state index contributed by atoms with van der Waals surface area (Å²) in [4.78, 5) is 13.6. The van der Waals surface area contributed by atoms with Gasteiger partial charge in [-0.1, -0.05) is 24.9 Å². The van der Waals surface area contributed by atoms with Crippen LogP contribution in [0.4, 0.5) is 0 Å². The highest BCUT2D eigenvalue weighted by atomic mass is 35.5. The van der Waals surface area contributed by atoms with E-state index in [1.807, 2.05) is 24.3 Å². The fourth-order valence-corrected chi connectivity index (χ4v) is 4.79. The van der Waals surface area contributed by atoms with Crippen LogP contribution in [-0.4, -0.2) is 17.2 Å². The van der Waals surface area contributed by atoms with E-state index in [9.17, 15) is 4.79 Å². The second-order valence-corrected chi connectivity index (χ2v) is 7.97. The molecule has 0 aromatic heterocycles. The second-order valence-electron chi connectivity index (χ2n) is 6.26. The molecule has 4 heteroatoms. The summed E-state index contributed by atoms with van der Waals surface area (Å²) in [6, 6.07) is 8.16. The highest BCUT2D eigenvalue weighted by molar-refractivity contribution is 8.00. The molecule has 2 saturated carbocycles. The quantitative estimate of drug-likeness (QED) is 0.807. The predicted molar refractivity (Wildman–Crippen MR) is 88.8 cm³/mol. The summed E-state index contributed by atoms with van der Waals surface area (Å²) in [6.45, 7) is 2.08. The summed E-state index contributed by atoms with van der Waals surface area (Å²) in [5.74, 6) is 1.80. The lowest BCUT2D eigenvalue weighted by Crippen LogP contribution is -2.42. The maximum absolute atomic E-state index is 12.5. The molecule has 0 heterocycles. The van der Waals surface area contributed by atoms with E-state index in [0.717, 1.165) is 28.2 Å². The minimum Gasteiger partial charge on any atom is -0.352 e. The van der Waals surface area contributed by atoms with E-state index in [-0.39, 0.29) is 11.2 Å². The van der Waals surface area contributed by atoms with Crippen molar-refractivity contribution in [2.24, 2.45) is 11.8 Å². The van der Waals surface area contributed by atoms with Crippen LogP contribution < -0.4 is 5.32 Å². The average molecular weight is 324 g/mol. The SMILES string of the molecule is CC[C@H](Sc1ccc(Cl)cc1)C(=O)N[C@H]1C[C@@H]2CC[C@@H]1C2. The van der Waals surface area contributed by atoms with Crippen LogP contribution in [0, 0.1) is 11.8 Å². The molecule has 1 aromatic carbocycles. The van der Waals surface area contributed by atoms with Crippen molar-refractivity contribution in [3.8, 4) is 0 Å². The van der Waals surface area contributed by atoms with Crippen molar-refractivity contribution < 1.29 is 4.79 Å². The normalized spacial score (nSPS) is 28.6. The Bertz CT molecular complexity index is 504. The van der Waals surface area contributed by atoms with Crippen LogP contribution in [-0.2, 0) is 4.79 Å². The standard InChI is InChI=1S/C17H22ClNOS/c1-2-16(21-14-7-5-13(18)6-8-14)17(20)19-15-10-11-3-4-12(15)9-11/h5-8,11-12,15-16H,2-4,9-10H2,1H3,(H,19,20)/t11-,12-,15+,16+/m1/s1. The molecule has 2 nitrogen and oxygen atoms in total. The highest BCUT2D eigenvalue weighted by Gasteiger charge is 2.40. The van der Waals surface area contributed by atoms with Gasteiger partial charge >= 0.3 is 0 Å². The molecule has 21 heavy (non-hydrogen) atoms. The first-order chi connectivity index (χ1) is 10.2. The topological polar surface area (TPSA) is 29.1 Å². The number of hydrogen-bond donors (Lipinski definition) is 1. The predicted octanol–water partition coefficient (Wildman–Crippen LogP) is 4.52. The van der Waals surface area contributed by atoms with Gasteiger partial charge < -0.3 is 5.32 Å². The van der Waals surface area contributed by atoms with Crippen molar-refractivity contribution in [3.63, 3.8) is 0 Å². The number of carbonyl (C=O) groups excluding carboxylic acids is 1. The lowest BCUT2D eigenvalue weighted by molar-refractivity contribution is -0.121. The van der Waals surface area contributed by atoms with Crippen molar-refractivity contribution in [2.75, 3.05) is 0 Å². The maximum atomic E-state index is 12.5. The van der Waals surface area contributed by atoms with Crippen molar-refractivity contribution in [1.82, 2.24) is 5.32 Å². The third-order valence-corrected chi connectivity index (χ3v) is 6.45. The molecule has 2 aliphatic carbocycles. The molecular formula is C17H22ClNOS. The number of halogens is 1. The number of carbonyl (C=O) groups is 1. The Balaban J connectivity index is 1.57. The summed E-state index contributed by atoms with van der Waals surface area (Å²) in [6.07, 6.45) is 6.04. The Morgan fingerprint density at radius 1 is 1.33 bits per heavy atom. The monoisotopic (exact) mass is 323 g/mol. The lowest BCUT2D eigenvalue weighted by atomic mass is 9.95. The van der Waals surface area contributed by atoms with E-state index in [4.69, 9.17) is 11.6 Å². The van der Waals surface area contributed by atoms with Gasteiger partial charge in [0.05, 0.1) is 5.25 Å². The Kier molecular flexibility index (Phi) is 4.80. The smallest absolute Gasteiger partial charge is 0.233 e. The van der Waals surface area contributed by atoms with Crippen molar-refractivity contribution in [2.45, 2.75) is 55.2 Å². The Morgan fingerprint density at radius 2 is 2.10 bits per heavy atom. The molecular weight excluding hydrogens is 302 g/mol. The first-order valence-electron chi connectivity index (χ1n) is 7.88. The number of thioether (sulfide) groups is 1. The van der Waals surface area contributed by atoms with Crippen molar-refractivity contribution in [3.05, 3.63) is 29.3 Å². The van der Waals surface area contributed by atoms with E-state index in [2.05, 4.69) is 12.2 Å². The van der Waals surface area contributed by atoms with E-state index in [1.54, 1.807) is 11.8 Å². The van der Waals surface area contributed by atoms with Gasteiger partial charge in [0.2, 0.25) is 5.91 Å². The fraction of sp³-hybridized carbons (Fsp3) is 0.588. The van der Waals surface area contributed by atoms with E-state index in [1.165, 1.54) is 25.7 Å².